The van der Waals surface area contributed by atoms with Crippen molar-refractivity contribution >= 4 is 17.7 Å². The van der Waals surface area contributed by atoms with Crippen LogP contribution in [0.5, 0.6) is 0 Å². The largest absolute Gasteiger partial charge is 0.481 e. The van der Waals surface area contributed by atoms with Crippen LogP contribution in [-0.2, 0) is 4.79 Å². The maximum Gasteiger partial charge on any atom is 0.308 e. The maximum atomic E-state index is 12.3. The van der Waals surface area contributed by atoms with Gasteiger partial charge in [0.2, 0.25) is 5.82 Å². The van der Waals surface area contributed by atoms with E-state index in [-0.39, 0.29) is 11.9 Å². The van der Waals surface area contributed by atoms with Gasteiger partial charge in [0.15, 0.2) is 0 Å². The minimum absolute atomic E-state index is 0.0113. The molecule has 2 N–H and O–H groups in total. The highest BCUT2D eigenvalue weighted by Gasteiger charge is 2.34. The summed E-state index contributed by atoms with van der Waals surface area (Å²) in [5.41, 5.74) is 1.63. The molecule has 116 valence electrons. The summed E-state index contributed by atoms with van der Waals surface area (Å²) in [4.78, 5) is 31.8. The van der Waals surface area contributed by atoms with E-state index in [0.717, 1.165) is 17.8 Å². The van der Waals surface area contributed by atoms with Crippen LogP contribution in [0.1, 0.15) is 41.3 Å². The summed E-state index contributed by atoms with van der Waals surface area (Å²) in [6, 6.07) is 1.48. The molecule has 0 bridgehead atoms. The lowest BCUT2D eigenvalue weighted by atomic mass is 10.0. The lowest BCUT2D eigenvalue weighted by Gasteiger charge is -2.16. The van der Waals surface area contributed by atoms with Crippen LogP contribution in [0.15, 0.2) is 6.07 Å². The fraction of sp³-hybridized carbons (Fsp3) is 0.500. The number of aromatic nitrogens is 4. The lowest BCUT2D eigenvalue weighted by Crippen LogP contribution is -2.40. The Hall–Kier alpha value is -2.51. The highest BCUT2D eigenvalue weighted by molar-refractivity contribution is 5.91. The Morgan fingerprint density at radius 3 is 2.82 bits per heavy atom. The van der Waals surface area contributed by atoms with Crippen molar-refractivity contribution in [1.29, 1.82) is 0 Å². The van der Waals surface area contributed by atoms with Crippen LogP contribution in [0.3, 0.4) is 0 Å². The number of carbonyl (C=O) groups is 2. The van der Waals surface area contributed by atoms with Gasteiger partial charge >= 0.3 is 5.97 Å². The Bertz CT molecular complexity index is 754. The zero-order valence-corrected chi connectivity index (χ0v) is 12.4. The van der Waals surface area contributed by atoms with Crippen LogP contribution in [0.4, 0.5) is 0 Å². The van der Waals surface area contributed by atoms with Crippen LogP contribution in [0.25, 0.3) is 5.78 Å². The monoisotopic (exact) mass is 303 g/mol. The van der Waals surface area contributed by atoms with Crippen molar-refractivity contribution in [2.75, 3.05) is 0 Å². The van der Waals surface area contributed by atoms with E-state index >= 15 is 0 Å². The van der Waals surface area contributed by atoms with Gasteiger partial charge in [0.25, 0.3) is 11.7 Å². The second-order valence-electron chi connectivity index (χ2n) is 5.64. The number of carboxylic acids is 1. The highest BCUT2D eigenvalue weighted by atomic mass is 16.4. The first kappa shape index (κ1) is 14.4. The fourth-order valence-electron chi connectivity index (χ4n) is 2.92. The standard InChI is InChI=1S/C14H17N5O3/c1-7-6-8(2)19-14(15-7)17-11(18-19)12(20)16-10-5-3-4-9(10)13(21)22/h6,9-10H,3-5H2,1-2H3,(H,16,20)(H,21,22)/t9-,10+/m0/s1. The van der Waals surface area contributed by atoms with Gasteiger partial charge in [0.1, 0.15) is 0 Å². The summed E-state index contributed by atoms with van der Waals surface area (Å²) in [5.74, 6) is -1.50. The van der Waals surface area contributed by atoms with Crippen molar-refractivity contribution in [2.45, 2.75) is 39.2 Å². The second kappa shape index (κ2) is 5.36. The Kier molecular flexibility index (Phi) is 3.51. The van der Waals surface area contributed by atoms with Crippen LogP contribution in [-0.4, -0.2) is 42.6 Å². The van der Waals surface area contributed by atoms with Crippen molar-refractivity contribution in [3.63, 3.8) is 0 Å². The van der Waals surface area contributed by atoms with E-state index in [4.69, 9.17) is 5.11 Å². The summed E-state index contributed by atoms with van der Waals surface area (Å²) in [6.07, 6.45) is 2.03. The van der Waals surface area contributed by atoms with E-state index < -0.39 is 17.8 Å². The summed E-state index contributed by atoms with van der Waals surface area (Å²) in [5, 5.41) is 16.0. The molecular weight excluding hydrogens is 286 g/mol. The molecule has 0 radical (unpaired) electrons. The quantitative estimate of drug-likeness (QED) is 0.865. The Labute approximate surface area is 126 Å². The fourth-order valence-corrected chi connectivity index (χ4v) is 2.92. The van der Waals surface area contributed by atoms with Gasteiger partial charge in [-0.1, -0.05) is 6.42 Å². The van der Waals surface area contributed by atoms with Gasteiger partial charge in [0, 0.05) is 17.4 Å². The number of aliphatic carboxylic acids is 1. The van der Waals surface area contributed by atoms with Crippen LogP contribution in [0.2, 0.25) is 0 Å². The molecule has 1 amide bonds. The molecule has 0 aromatic carbocycles. The summed E-state index contributed by atoms with van der Waals surface area (Å²) >= 11 is 0. The number of nitrogens with zero attached hydrogens (tertiary/aromatic N) is 4. The van der Waals surface area contributed by atoms with E-state index in [1.807, 2.05) is 19.9 Å². The number of hydrogen-bond acceptors (Lipinski definition) is 5. The molecule has 0 spiro atoms. The smallest absolute Gasteiger partial charge is 0.308 e. The predicted molar refractivity (Wildman–Crippen MR) is 76.5 cm³/mol. The Balaban J connectivity index is 1.83. The predicted octanol–water partition coefficient (Wildman–Crippen LogP) is 0.724. The first-order chi connectivity index (χ1) is 10.5. The Morgan fingerprint density at radius 2 is 2.09 bits per heavy atom. The molecule has 2 aromatic rings. The number of carbonyl (C=O) groups excluding carboxylic acids is 1. The maximum absolute atomic E-state index is 12.3. The molecule has 8 nitrogen and oxygen atoms in total. The molecule has 0 aliphatic heterocycles. The van der Waals surface area contributed by atoms with Crippen molar-refractivity contribution in [3.05, 3.63) is 23.3 Å². The molecule has 8 heteroatoms. The lowest BCUT2D eigenvalue weighted by molar-refractivity contribution is -0.142. The third-order valence-electron chi connectivity index (χ3n) is 3.97. The summed E-state index contributed by atoms with van der Waals surface area (Å²) < 4.78 is 1.51. The number of carboxylic acid groups (broad SMARTS) is 1. The second-order valence-corrected chi connectivity index (χ2v) is 5.64. The normalized spacial score (nSPS) is 21.2. The van der Waals surface area contributed by atoms with E-state index in [9.17, 15) is 9.59 Å². The SMILES string of the molecule is Cc1cc(C)n2nc(C(=O)N[C@@H]3CCC[C@@H]3C(=O)O)nc2n1. The topological polar surface area (TPSA) is 109 Å². The van der Waals surface area contributed by atoms with Crippen molar-refractivity contribution in [3.8, 4) is 0 Å². The number of rotatable bonds is 3. The summed E-state index contributed by atoms with van der Waals surface area (Å²) in [6.45, 7) is 3.70. The molecule has 3 rings (SSSR count). The Morgan fingerprint density at radius 1 is 1.32 bits per heavy atom. The molecule has 2 atom stereocenters. The number of fused-ring (bicyclic) bond motifs is 1. The molecule has 0 unspecified atom stereocenters. The minimum Gasteiger partial charge on any atom is -0.481 e. The molecule has 2 aromatic heterocycles. The van der Waals surface area contributed by atoms with Crippen LogP contribution in [0, 0.1) is 19.8 Å². The van der Waals surface area contributed by atoms with Crippen LogP contribution < -0.4 is 5.32 Å². The van der Waals surface area contributed by atoms with Gasteiger partial charge in [0.05, 0.1) is 5.92 Å². The van der Waals surface area contributed by atoms with Gasteiger partial charge < -0.3 is 10.4 Å². The number of hydrogen-bond donors (Lipinski definition) is 2. The molecule has 1 fully saturated rings. The van der Waals surface area contributed by atoms with E-state index in [1.165, 1.54) is 4.52 Å². The summed E-state index contributed by atoms with van der Waals surface area (Å²) in [7, 11) is 0. The van der Waals surface area contributed by atoms with Crippen molar-refractivity contribution in [1.82, 2.24) is 24.9 Å². The zero-order valence-electron chi connectivity index (χ0n) is 12.4. The molecule has 1 aliphatic rings. The van der Waals surface area contributed by atoms with Crippen molar-refractivity contribution < 1.29 is 14.7 Å². The van der Waals surface area contributed by atoms with Gasteiger partial charge in [-0.05, 0) is 32.8 Å². The number of aryl methyl sites for hydroxylation is 2. The molecule has 22 heavy (non-hydrogen) atoms. The van der Waals surface area contributed by atoms with E-state index in [0.29, 0.717) is 18.6 Å². The molecule has 1 aliphatic carbocycles. The number of amides is 1. The van der Waals surface area contributed by atoms with Gasteiger partial charge in [-0.2, -0.15) is 4.98 Å². The third kappa shape index (κ3) is 2.51. The molecular formula is C14H17N5O3. The first-order valence-corrected chi connectivity index (χ1v) is 7.20. The first-order valence-electron chi connectivity index (χ1n) is 7.20. The van der Waals surface area contributed by atoms with E-state index in [1.54, 1.807) is 0 Å². The van der Waals surface area contributed by atoms with E-state index in [2.05, 4.69) is 20.4 Å². The van der Waals surface area contributed by atoms with Crippen molar-refractivity contribution in [2.24, 2.45) is 5.92 Å². The van der Waals surface area contributed by atoms with Crippen LogP contribution >= 0.6 is 0 Å². The highest BCUT2D eigenvalue weighted by Crippen LogP contribution is 2.26. The average molecular weight is 303 g/mol. The zero-order chi connectivity index (χ0) is 15.9. The van der Waals surface area contributed by atoms with Gasteiger partial charge in [-0.25, -0.2) is 9.50 Å². The minimum atomic E-state index is -0.876. The van der Waals surface area contributed by atoms with Gasteiger partial charge in [-0.3, -0.25) is 9.59 Å². The molecule has 2 heterocycles. The number of nitrogens with one attached hydrogen (secondary N) is 1. The van der Waals surface area contributed by atoms with Gasteiger partial charge in [-0.15, -0.1) is 5.10 Å². The average Bonchev–Trinajstić information content (AvgIpc) is 3.04. The molecule has 0 saturated heterocycles. The third-order valence-corrected chi connectivity index (χ3v) is 3.97. The molecule has 1 saturated carbocycles.